The molecule has 11 heteroatoms. The summed E-state index contributed by atoms with van der Waals surface area (Å²) in [6.07, 6.45) is 2.87. The van der Waals surface area contributed by atoms with E-state index in [2.05, 4.69) is 4.98 Å². The van der Waals surface area contributed by atoms with Crippen LogP contribution in [0.25, 0.3) is 33.4 Å². The summed E-state index contributed by atoms with van der Waals surface area (Å²) in [5.74, 6) is -0.803. The molecule has 0 N–H and O–H groups in total. The lowest BCUT2D eigenvalue weighted by atomic mass is 9.88. The molecule has 0 bridgehead atoms. The second kappa shape index (κ2) is 10.5. The summed E-state index contributed by atoms with van der Waals surface area (Å²) in [5, 5.41) is 0.566. The Kier molecular flexibility index (Phi) is 7.00. The van der Waals surface area contributed by atoms with Crippen molar-refractivity contribution in [3.63, 3.8) is 0 Å². The highest BCUT2D eigenvalue weighted by atomic mass is 32.2. The molecule has 1 fully saturated rings. The Hall–Kier alpha value is -4.25. The second-order valence-electron chi connectivity index (χ2n) is 10.6. The average molecular weight is 594 g/mol. The molecular weight excluding hydrogens is 564 g/mol. The number of rotatable bonds is 7. The van der Waals surface area contributed by atoms with Gasteiger partial charge in [-0.25, -0.2) is 17.2 Å². The third-order valence-electron chi connectivity index (χ3n) is 7.85. The molecule has 0 saturated carbocycles. The number of halogens is 2. The quantitative estimate of drug-likeness (QED) is 0.190. The lowest BCUT2D eigenvalue weighted by Crippen LogP contribution is -2.35. The van der Waals surface area contributed by atoms with Crippen LogP contribution in [0.3, 0.4) is 0 Å². The van der Waals surface area contributed by atoms with Gasteiger partial charge in [0.25, 0.3) is 6.01 Å². The molecule has 218 valence electrons. The van der Waals surface area contributed by atoms with Crippen LogP contribution in [-0.4, -0.2) is 45.6 Å². The van der Waals surface area contributed by atoms with E-state index < -0.39 is 21.7 Å². The van der Waals surface area contributed by atoms with E-state index in [0.717, 1.165) is 24.7 Å². The van der Waals surface area contributed by atoms with Crippen molar-refractivity contribution in [1.29, 1.82) is 0 Å². The van der Waals surface area contributed by atoms with Gasteiger partial charge in [-0.2, -0.15) is 4.98 Å². The van der Waals surface area contributed by atoms with Gasteiger partial charge in [0.15, 0.2) is 11.4 Å². The maximum atomic E-state index is 13.8. The summed E-state index contributed by atoms with van der Waals surface area (Å²) in [6, 6.07) is 13.8. The third kappa shape index (κ3) is 5.02. The predicted molar refractivity (Wildman–Crippen MR) is 158 cm³/mol. The van der Waals surface area contributed by atoms with Crippen LogP contribution < -0.4 is 9.21 Å². The van der Waals surface area contributed by atoms with Crippen molar-refractivity contribution >= 4 is 49.6 Å². The molecule has 5 aromatic rings. The van der Waals surface area contributed by atoms with E-state index >= 15 is 0 Å². The number of ketones is 1. The fraction of sp³-hybridized carbons (Fsp3) is 0.290. The first kappa shape index (κ1) is 27.9. The van der Waals surface area contributed by atoms with Crippen molar-refractivity contribution in [2.75, 3.05) is 35.6 Å². The van der Waals surface area contributed by atoms with Crippen molar-refractivity contribution in [2.24, 2.45) is 0 Å². The number of carbonyl (C=O) groups excluding carboxylic acids is 1. The number of Topliss-reactive ketones (excluding diaryl/α,β-unsaturated/α-hetero) is 1. The number of oxazole rings is 1. The number of furan rings is 1. The van der Waals surface area contributed by atoms with Gasteiger partial charge in [0.1, 0.15) is 28.5 Å². The van der Waals surface area contributed by atoms with Crippen molar-refractivity contribution in [3.8, 4) is 11.3 Å². The molecule has 8 nitrogen and oxygen atoms in total. The van der Waals surface area contributed by atoms with Crippen LogP contribution in [0.2, 0.25) is 0 Å². The van der Waals surface area contributed by atoms with Crippen molar-refractivity contribution in [3.05, 3.63) is 77.4 Å². The second-order valence-corrected chi connectivity index (χ2v) is 12.6. The van der Waals surface area contributed by atoms with Gasteiger partial charge in [0.2, 0.25) is 10.0 Å². The van der Waals surface area contributed by atoms with Gasteiger partial charge < -0.3 is 13.7 Å². The SMILES string of the molecule is CCC(=O)c1c(-c2ccc(F)cc2)oc2cc(N(C)S(C)(=O)=O)c([C@H]3CCCN(c4nc5cc(F)ccc5o4)C3)cc12. The standard InChI is InChI=1S/C31H29F2N3O5S/c1-4-26(37)29-23-15-22(19-6-5-13-36(17-19)31-34-24-14-21(33)11-12-27(24)41-31)25(35(2)42(3,38)39)16-28(23)40-30(29)18-7-9-20(32)10-8-18/h7-12,14-16,19H,4-6,13,17H2,1-3H3/t19-/m0/s1. The maximum Gasteiger partial charge on any atom is 0.298 e. The minimum atomic E-state index is -3.65. The zero-order chi connectivity index (χ0) is 29.8. The number of hydrogen-bond acceptors (Lipinski definition) is 7. The van der Waals surface area contributed by atoms with E-state index in [9.17, 15) is 22.0 Å². The molecular formula is C31H29F2N3O5S. The van der Waals surface area contributed by atoms with Gasteiger partial charge in [0, 0.05) is 55.6 Å². The van der Waals surface area contributed by atoms with Crippen LogP contribution in [0.1, 0.15) is 48.0 Å². The molecule has 6 rings (SSSR count). The average Bonchev–Trinajstić information content (AvgIpc) is 3.56. The van der Waals surface area contributed by atoms with Crippen LogP contribution in [0.5, 0.6) is 0 Å². The molecule has 0 aliphatic carbocycles. The first-order valence-corrected chi connectivity index (χ1v) is 15.5. The molecule has 1 atom stereocenters. The highest BCUT2D eigenvalue weighted by Crippen LogP contribution is 2.42. The van der Waals surface area contributed by atoms with Gasteiger partial charge in [-0.15, -0.1) is 0 Å². The molecule has 0 amide bonds. The highest BCUT2D eigenvalue weighted by Gasteiger charge is 2.31. The first-order chi connectivity index (χ1) is 20.0. The fourth-order valence-corrected chi connectivity index (χ4v) is 6.13. The van der Waals surface area contributed by atoms with Gasteiger partial charge in [-0.05, 0) is 60.9 Å². The van der Waals surface area contributed by atoms with E-state index in [1.807, 2.05) is 11.0 Å². The van der Waals surface area contributed by atoms with Crippen LogP contribution in [-0.2, 0) is 10.0 Å². The molecule has 2 aromatic heterocycles. The Labute approximate surface area is 241 Å². The molecule has 3 aromatic carbocycles. The fourth-order valence-electron chi connectivity index (χ4n) is 5.61. The Morgan fingerprint density at radius 1 is 1.05 bits per heavy atom. The van der Waals surface area contributed by atoms with E-state index in [-0.39, 0.29) is 18.1 Å². The Morgan fingerprint density at radius 2 is 1.79 bits per heavy atom. The first-order valence-electron chi connectivity index (χ1n) is 13.7. The number of piperidine rings is 1. The van der Waals surface area contributed by atoms with E-state index in [1.54, 1.807) is 31.2 Å². The van der Waals surface area contributed by atoms with E-state index in [1.165, 1.54) is 35.6 Å². The van der Waals surface area contributed by atoms with Gasteiger partial charge in [-0.1, -0.05) is 6.92 Å². The highest BCUT2D eigenvalue weighted by molar-refractivity contribution is 7.92. The summed E-state index contributed by atoms with van der Waals surface area (Å²) >= 11 is 0. The number of sulfonamides is 1. The van der Waals surface area contributed by atoms with Crippen molar-refractivity contribution in [2.45, 2.75) is 32.1 Å². The van der Waals surface area contributed by atoms with Crippen LogP contribution in [0.4, 0.5) is 20.5 Å². The van der Waals surface area contributed by atoms with Gasteiger partial charge in [-0.3, -0.25) is 9.10 Å². The van der Waals surface area contributed by atoms with Crippen LogP contribution in [0, 0.1) is 11.6 Å². The van der Waals surface area contributed by atoms with Crippen LogP contribution >= 0.6 is 0 Å². The van der Waals surface area contributed by atoms with Crippen molar-refractivity contribution < 1.29 is 30.8 Å². The molecule has 0 spiro atoms. The molecule has 42 heavy (non-hydrogen) atoms. The molecule has 0 unspecified atom stereocenters. The number of hydrogen-bond donors (Lipinski definition) is 0. The number of aromatic nitrogens is 1. The van der Waals surface area contributed by atoms with Crippen molar-refractivity contribution in [1.82, 2.24) is 4.98 Å². The predicted octanol–water partition coefficient (Wildman–Crippen LogP) is 6.89. The minimum absolute atomic E-state index is 0.146. The van der Waals surface area contributed by atoms with Gasteiger partial charge >= 0.3 is 0 Å². The van der Waals surface area contributed by atoms with E-state index in [0.29, 0.717) is 63.7 Å². The number of fused-ring (bicyclic) bond motifs is 2. The summed E-state index contributed by atoms with van der Waals surface area (Å²) in [7, 11) is -2.17. The zero-order valence-electron chi connectivity index (χ0n) is 23.4. The molecule has 0 radical (unpaired) electrons. The smallest absolute Gasteiger partial charge is 0.298 e. The number of benzene rings is 3. The zero-order valence-corrected chi connectivity index (χ0v) is 24.2. The topological polar surface area (TPSA) is 96.9 Å². The molecule has 1 aliphatic heterocycles. The Morgan fingerprint density at radius 3 is 2.50 bits per heavy atom. The maximum absolute atomic E-state index is 13.8. The summed E-state index contributed by atoms with van der Waals surface area (Å²) < 4.78 is 66.3. The molecule has 3 heterocycles. The number of nitrogens with zero attached hydrogens (tertiary/aromatic N) is 3. The lowest BCUT2D eigenvalue weighted by molar-refractivity contribution is 0.0989. The Bertz CT molecular complexity index is 1930. The molecule has 1 aliphatic rings. The number of carbonyl (C=O) groups is 1. The Balaban J connectivity index is 1.49. The minimum Gasteiger partial charge on any atom is -0.455 e. The van der Waals surface area contributed by atoms with Gasteiger partial charge in [0.05, 0.1) is 17.5 Å². The van der Waals surface area contributed by atoms with E-state index in [4.69, 9.17) is 8.83 Å². The summed E-state index contributed by atoms with van der Waals surface area (Å²) in [5.41, 5.74) is 3.34. The summed E-state index contributed by atoms with van der Waals surface area (Å²) in [4.78, 5) is 19.7. The largest absolute Gasteiger partial charge is 0.455 e. The van der Waals surface area contributed by atoms with Crippen LogP contribution in [0.15, 0.2) is 63.4 Å². The molecule has 1 saturated heterocycles. The lowest BCUT2D eigenvalue weighted by Gasteiger charge is -2.34. The summed E-state index contributed by atoms with van der Waals surface area (Å²) in [6.45, 7) is 2.88. The normalized spacial score (nSPS) is 15.9. The number of anilines is 2. The monoisotopic (exact) mass is 593 g/mol. The third-order valence-corrected chi connectivity index (χ3v) is 9.04.